The average Bonchev–Trinajstić information content (AvgIpc) is 3.07. The van der Waals surface area contributed by atoms with Crippen molar-refractivity contribution in [3.63, 3.8) is 0 Å². The summed E-state index contributed by atoms with van der Waals surface area (Å²) < 4.78 is 13.9. The van der Waals surface area contributed by atoms with Crippen LogP contribution >= 0.6 is 0 Å². The number of halogens is 1. The summed E-state index contributed by atoms with van der Waals surface area (Å²) >= 11 is 0. The molecule has 0 unspecified atom stereocenters. The van der Waals surface area contributed by atoms with Crippen LogP contribution in [0.4, 0.5) is 10.2 Å². The van der Waals surface area contributed by atoms with Gasteiger partial charge in [0.1, 0.15) is 11.6 Å². The summed E-state index contributed by atoms with van der Waals surface area (Å²) in [5.41, 5.74) is 4.19. The number of hydrogen-bond acceptors (Lipinski definition) is 4. The summed E-state index contributed by atoms with van der Waals surface area (Å²) in [5.74, 6) is 0.770. The van der Waals surface area contributed by atoms with Crippen molar-refractivity contribution in [2.24, 2.45) is 0 Å². The molecule has 1 fully saturated rings. The van der Waals surface area contributed by atoms with Crippen LogP contribution < -0.4 is 10.2 Å². The first-order valence-electron chi connectivity index (χ1n) is 8.63. The monoisotopic (exact) mass is 340 g/mol. The second-order valence-corrected chi connectivity index (χ2v) is 6.44. The van der Waals surface area contributed by atoms with E-state index in [1.165, 1.54) is 6.07 Å². The zero-order valence-corrected chi connectivity index (χ0v) is 15.1. The van der Waals surface area contributed by atoms with E-state index in [4.69, 9.17) is 4.98 Å². The smallest absolute Gasteiger partial charge is 0.130 e. The van der Waals surface area contributed by atoms with Crippen molar-refractivity contribution in [2.75, 3.05) is 38.8 Å². The highest BCUT2D eigenvalue weighted by atomic mass is 19.1. The van der Waals surface area contributed by atoms with Gasteiger partial charge in [0.15, 0.2) is 0 Å². The van der Waals surface area contributed by atoms with Crippen molar-refractivity contribution in [1.82, 2.24) is 15.2 Å². The van der Waals surface area contributed by atoms with Crippen LogP contribution in [0.2, 0.25) is 0 Å². The Labute approximate surface area is 149 Å². The first-order chi connectivity index (χ1) is 12.0. The fourth-order valence-electron chi connectivity index (χ4n) is 3.13. The molecule has 132 valence electrons. The highest BCUT2D eigenvalue weighted by Crippen LogP contribution is 2.30. The molecule has 0 amide bonds. The molecule has 4 nitrogen and oxygen atoms in total. The Morgan fingerprint density at radius 3 is 2.72 bits per heavy atom. The lowest BCUT2D eigenvalue weighted by atomic mass is 10.0. The molecule has 3 rings (SSSR count). The zero-order valence-electron chi connectivity index (χ0n) is 15.1. The molecule has 1 N–H and O–H groups in total. The van der Waals surface area contributed by atoms with Crippen LogP contribution in [0.15, 0.2) is 36.9 Å². The largest absolute Gasteiger partial charge is 0.388 e. The van der Waals surface area contributed by atoms with E-state index < -0.39 is 0 Å². The number of rotatable bonds is 5. The van der Waals surface area contributed by atoms with Gasteiger partial charge in [0.05, 0.1) is 12.4 Å². The molecule has 25 heavy (non-hydrogen) atoms. The van der Waals surface area contributed by atoms with Gasteiger partial charge in [0.25, 0.3) is 0 Å². The Morgan fingerprint density at radius 2 is 2.08 bits per heavy atom. The van der Waals surface area contributed by atoms with Gasteiger partial charge in [0.2, 0.25) is 0 Å². The summed E-state index contributed by atoms with van der Waals surface area (Å²) in [5, 5.41) is 3.10. The Kier molecular flexibility index (Phi) is 5.04. The van der Waals surface area contributed by atoms with E-state index in [0.717, 1.165) is 48.1 Å². The molecular weight excluding hydrogens is 315 g/mol. The van der Waals surface area contributed by atoms with Crippen molar-refractivity contribution < 1.29 is 4.39 Å². The molecule has 1 aromatic heterocycles. The van der Waals surface area contributed by atoms with E-state index in [0.29, 0.717) is 12.0 Å². The van der Waals surface area contributed by atoms with E-state index in [9.17, 15) is 4.39 Å². The van der Waals surface area contributed by atoms with Gasteiger partial charge in [-0.1, -0.05) is 13.5 Å². The van der Waals surface area contributed by atoms with Crippen LogP contribution in [0.25, 0.3) is 17.0 Å². The highest BCUT2D eigenvalue weighted by molar-refractivity contribution is 5.78. The normalized spacial score (nSPS) is 14.8. The standard InChI is InChI=1S/C20H25FN4/c1-5-15-12-16(6-8-18(15)21)20-17(14(2)22-3)7-9-19(23-20)25-11-10-24(4)13-25/h6-9,12,22H,2,5,10-11,13H2,1,3-4H3. The fourth-order valence-corrected chi connectivity index (χ4v) is 3.13. The van der Waals surface area contributed by atoms with Gasteiger partial charge in [-0.15, -0.1) is 0 Å². The predicted molar refractivity (Wildman–Crippen MR) is 102 cm³/mol. The van der Waals surface area contributed by atoms with E-state index >= 15 is 0 Å². The molecular formula is C20H25FN4. The lowest BCUT2D eigenvalue weighted by Gasteiger charge is -2.20. The summed E-state index contributed by atoms with van der Waals surface area (Å²) in [6.45, 7) is 8.89. The second kappa shape index (κ2) is 7.23. The summed E-state index contributed by atoms with van der Waals surface area (Å²) in [4.78, 5) is 9.42. The Hall–Kier alpha value is -2.40. The topological polar surface area (TPSA) is 31.4 Å². The first kappa shape index (κ1) is 17.4. The molecule has 5 heteroatoms. The number of nitrogens with one attached hydrogen (secondary N) is 1. The molecule has 0 spiro atoms. The van der Waals surface area contributed by atoms with E-state index in [-0.39, 0.29) is 5.82 Å². The van der Waals surface area contributed by atoms with Crippen molar-refractivity contribution in [2.45, 2.75) is 13.3 Å². The van der Waals surface area contributed by atoms with Crippen LogP contribution in [0, 0.1) is 5.82 Å². The Morgan fingerprint density at radius 1 is 1.28 bits per heavy atom. The number of aryl methyl sites for hydroxylation is 1. The molecule has 1 aliphatic rings. The maximum Gasteiger partial charge on any atom is 0.130 e. The molecule has 1 saturated heterocycles. The van der Waals surface area contributed by atoms with Crippen molar-refractivity contribution in [3.05, 3.63) is 53.9 Å². The minimum absolute atomic E-state index is 0.169. The number of hydrogen-bond donors (Lipinski definition) is 1. The maximum atomic E-state index is 13.9. The van der Waals surface area contributed by atoms with Gasteiger partial charge >= 0.3 is 0 Å². The quantitative estimate of drug-likeness (QED) is 0.904. The van der Waals surface area contributed by atoms with Crippen molar-refractivity contribution in [3.8, 4) is 11.3 Å². The average molecular weight is 340 g/mol. The van der Waals surface area contributed by atoms with Gasteiger partial charge in [-0.3, -0.25) is 4.90 Å². The Balaban J connectivity index is 2.09. The molecule has 0 aliphatic carbocycles. The number of aromatic nitrogens is 1. The first-order valence-corrected chi connectivity index (χ1v) is 8.63. The van der Waals surface area contributed by atoms with Gasteiger partial charge in [0, 0.05) is 37.0 Å². The highest BCUT2D eigenvalue weighted by Gasteiger charge is 2.20. The summed E-state index contributed by atoms with van der Waals surface area (Å²) in [7, 11) is 3.95. The third kappa shape index (κ3) is 3.51. The number of benzene rings is 1. The van der Waals surface area contributed by atoms with Gasteiger partial charge in [-0.25, -0.2) is 9.37 Å². The molecule has 1 aromatic carbocycles. The molecule has 1 aliphatic heterocycles. The van der Waals surface area contributed by atoms with Crippen molar-refractivity contribution >= 4 is 11.5 Å². The minimum atomic E-state index is -0.169. The third-order valence-corrected chi connectivity index (χ3v) is 4.70. The maximum absolute atomic E-state index is 13.9. The molecule has 2 aromatic rings. The minimum Gasteiger partial charge on any atom is -0.388 e. The predicted octanol–water partition coefficient (Wildman–Crippen LogP) is 3.35. The summed E-state index contributed by atoms with van der Waals surface area (Å²) in [6, 6.07) is 9.29. The zero-order chi connectivity index (χ0) is 18.0. The molecule has 0 atom stereocenters. The lowest BCUT2D eigenvalue weighted by Crippen LogP contribution is -2.23. The van der Waals surface area contributed by atoms with E-state index in [1.807, 2.05) is 32.2 Å². The van der Waals surface area contributed by atoms with Crippen LogP contribution in [-0.2, 0) is 6.42 Å². The number of pyridine rings is 1. The number of nitrogens with zero attached hydrogens (tertiary/aromatic N) is 3. The Bertz CT molecular complexity index is 787. The summed E-state index contributed by atoms with van der Waals surface area (Å²) in [6.07, 6.45) is 0.651. The van der Waals surface area contributed by atoms with Gasteiger partial charge in [-0.2, -0.15) is 0 Å². The molecule has 0 saturated carbocycles. The lowest BCUT2D eigenvalue weighted by molar-refractivity contribution is 0.420. The number of likely N-dealkylation sites (N-methyl/N-ethyl adjacent to an activating group) is 1. The number of anilines is 1. The van der Waals surface area contributed by atoms with Crippen LogP contribution in [-0.4, -0.2) is 43.7 Å². The molecule has 2 heterocycles. The van der Waals surface area contributed by atoms with Crippen LogP contribution in [0.5, 0.6) is 0 Å². The second-order valence-electron chi connectivity index (χ2n) is 6.44. The van der Waals surface area contributed by atoms with Gasteiger partial charge < -0.3 is 10.2 Å². The van der Waals surface area contributed by atoms with Crippen molar-refractivity contribution in [1.29, 1.82) is 0 Å². The van der Waals surface area contributed by atoms with E-state index in [2.05, 4.69) is 28.7 Å². The molecule has 0 radical (unpaired) electrons. The third-order valence-electron chi connectivity index (χ3n) is 4.70. The fraction of sp³-hybridized carbons (Fsp3) is 0.350. The van der Waals surface area contributed by atoms with E-state index in [1.54, 1.807) is 6.07 Å². The van der Waals surface area contributed by atoms with Crippen LogP contribution in [0.1, 0.15) is 18.1 Å². The molecule has 0 bridgehead atoms. The van der Waals surface area contributed by atoms with Gasteiger partial charge in [-0.05, 0) is 49.4 Å². The van der Waals surface area contributed by atoms with Crippen LogP contribution in [0.3, 0.4) is 0 Å². The SMILES string of the molecule is C=C(NC)c1ccc(N2CCN(C)C2)nc1-c1ccc(F)c(CC)c1.